The normalized spacial score (nSPS) is 14.5. The van der Waals surface area contributed by atoms with Crippen LogP contribution in [0.5, 0.6) is 0 Å². The van der Waals surface area contributed by atoms with Crippen LogP contribution in [0.1, 0.15) is 16.7 Å². The van der Waals surface area contributed by atoms with Crippen LogP contribution >= 0.6 is 11.6 Å². The lowest BCUT2D eigenvalue weighted by Gasteiger charge is -2.19. The fourth-order valence-electron chi connectivity index (χ4n) is 2.98. The fourth-order valence-corrected chi connectivity index (χ4v) is 3.24. The van der Waals surface area contributed by atoms with Gasteiger partial charge in [0.05, 0.1) is 11.3 Å². The Morgan fingerprint density at radius 1 is 0.960 bits per heavy atom. The summed E-state index contributed by atoms with van der Waals surface area (Å²) in [7, 11) is 3.80. The molecule has 5 heteroatoms. The second-order valence-corrected chi connectivity index (χ2v) is 6.75. The van der Waals surface area contributed by atoms with Crippen molar-refractivity contribution in [1.29, 1.82) is 0 Å². The Balaban J connectivity index is 2.06. The lowest BCUT2D eigenvalue weighted by molar-refractivity contribution is -0.119. The van der Waals surface area contributed by atoms with Crippen molar-refractivity contribution >= 4 is 40.4 Å². The number of imide groups is 1. The van der Waals surface area contributed by atoms with Gasteiger partial charge in [-0.05, 0) is 43.2 Å². The first kappa shape index (κ1) is 17.2. The number of benzene rings is 2. The van der Waals surface area contributed by atoms with Gasteiger partial charge >= 0.3 is 0 Å². The zero-order valence-electron chi connectivity index (χ0n) is 14.6. The summed E-state index contributed by atoms with van der Waals surface area (Å²) >= 11 is 6.27. The highest BCUT2D eigenvalue weighted by molar-refractivity contribution is 6.60. The molecule has 0 atom stereocenters. The number of rotatable bonds is 3. The van der Waals surface area contributed by atoms with E-state index < -0.39 is 11.8 Å². The molecule has 25 heavy (non-hydrogen) atoms. The van der Waals surface area contributed by atoms with Gasteiger partial charge in [0.2, 0.25) is 0 Å². The molecule has 0 radical (unpaired) electrons. The van der Waals surface area contributed by atoms with Crippen molar-refractivity contribution in [2.75, 3.05) is 23.9 Å². The third-order valence-electron chi connectivity index (χ3n) is 4.28. The lowest BCUT2D eigenvalue weighted by Crippen LogP contribution is -2.31. The van der Waals surface area contributed by atoms with Gasteiger partial charge in [0.15, 0.2) is 0 Å². The van der Waals surface area contributed by atoms with Crippen LogP contribution in [0.15, 0.2) is 47.5 Å². The van der Waals surface area contributed by atoms with E-state index in [-0.39, 0.29) is 10.6 Å². The van der Waals surface area contributed by atoms with Gasteiger partial charge in [0, 0.05) is 19.8 Å². The van der Waals surface area contributed by atoms with E-state index in [9.17, 15) is 9.59 Å². The molecule has 0 bridgehead atoms. The van der Waals surface area contributed by atoms with Crippen molar-refractivity contribution in [3.05, 3.63) is 64.2 Å². The maximum absolute atomic E-state index is 13.0. The van der Waals surface area contributed by atoms with E-state index >= 15 is 0 Å². The minimum atomic E-state index is -0.488. The van der Waals surface area contributed by atoms with E-state index in [1.165, 1.54) is 0 Å². The average molecular weight is 355 g/mol. The smallest absolute Gasteiger partial charge is 0.277 e. The number of aryl methyl sites for hydroxylation is 2. The summed E-state index contributed by atoms with van der Waals surface area (Å²) in [4.78, 5) is 28.7. The number of halogens is 1. The van der Waals surface area contributed by atoms with Gasteiger partial charge in [-0.2, -0.15) is 0 Å². The summed E-state index contributed by atoms with van der Waals surface area (Å²) in [5, 5.41) is -0.0350. The molecular formula is C20H19ClN2O2. The Morgan fingerprint density at radius 3 is 2.32 bits per heavy atom. The molecule has 0 spiro atoms. The van der Waals surface area contributed by atoms with Crippen molar-refractivity contribution in [2.24, 2.45) is 0 Å². The highest BCUT2D eigenvalue weighted by Gasteiger charge is 2.39. The number of carbonyl (C=O) groups excluding carboxylic acids is 2. The Morgan fingerprint density at radius 2 is 1.68 bits per heavy atom. The zero-order chi connectivity index (χ0) is 18.3. The SMILES string of the molecule is Cc1ccc(C2=C(Cl)C(=O)N(c3cccc(N(C)C)c3)C2=O)c(C)c1. The maximum Gasteiger partial charge on any atom is 0.277 e. The number of hydrogen-bond acceptors (Lipinski definition) is 3. The van der Waals surface area contributed by atoms with Crippen LogP contribution in [-0.4, -0.2) is 25.9 Å². The Hall–Kier alpha value is -2.59. The topological polar surface area (TPSA) is 40.6 Å². The van der Waals surface area contributed by atoms with Crippen LogP contribution in [-0.2, 0) is 9.59 Å². The summed E-state index contributed by atoms with van der Waals surface area (Å²) in [6, 6.07) is 13.0. The molecule has 4 nitrogen and oxygen atoms in total. The van der Waals surface area contributed by atoms with Gasteiger partial charge < -0.3 is 4.90 Å². The summed E-state index contributed by atoms with van der Waals surface area (Å²) in [5.41, 5.74) is 4.37. The molecule has 2 aromatic rings. The maximum atomic E-state index is 13.0. The molecule has 0 fully saturated rings. The van der Waals surface area contributed by atoms with Crippen molar-refractivity contribution in [3.63, 3.8) is 0 Å². The molecule has 128 valence electrons. The van der Waals surface area contributed by atoms with Crippen LogP contribution in [0.4, 0.5) is 11.4 Å². The lowest BCUT2D eigenvalue weighted by atomic mass is 9.99. The van der Waals surface area contributed by atoms with E-state index in [1.807, 2.05) is 63.2 Å². The van der Waals surface area contributed by atoms with Crippen molar-refractivity contribution in [1.82, 2.24) is 0 Å². The first-order chi connectivity index (χ1) is 11.8. The van der Waals surface area contributed by atoms with Crippen molar-refractivity contribution < 1.29 is 9.59 Å². The van der Waals surface area contributed by atoms with Gasteiger partial charge in [-0.15, -0.1) is 0 Å². The third kappa shape index (κ3) is 2.94. The number of hydrogen-bond donors (Lipinski definition) is 0. The van der Waals surface area contributed by atoms with E-state index in [0.29, 0.717) is 11.3 Å². The van der Waals surface area contributed by atoms with E-state index in [4.69, 9.17) is 11.6 Å². The minimum Gasteiger partial charge on any atom is -0.378 e. The first-order valence-electron chi connectivity index (χ1n) is 7.95. The Kier molecular flexibility index (Phi) is 4.39. The second-order valence-electron chi connectivity index (χ2n) is 6.37. The Labute approximate surface area is 152 Å². The molecule has 0 saturated carbocycles. The largest absolute Gasteiger partial charge is 0.378 e. The standard InChI is InChI=1S/C20H19ClN2O2/c1-12-8-9-16(13(2)10-12)17-18(21)20(25)23(19(17)24)15-7-5-6-14(11-15)22(3)4/h5-11H,1-4H3. The predicted molar refractivity (Wildman–Crippen MR) is 102 cm³/mol. The van der Waals surface area contributed by atoms with E-state index in [1.54, 1.807) is 12.1 Å². The fraction of sp³-hybridized carbons (Fsp3) is 0.200. The quantitative estimate of drug-likeness (QED) is 0.785. The summed E-state index contributed by atoms with van der Waals surface area (Å²) in [5.74, 6) is -0.879. The molecule has 0 saturated heterocycles. The number of nitrogens with zero attached hydrogens (tertiary/aromatic N) is 2. The molecule has 0 aliphatic carbocycles. The summed E-state index contributed by atoms with van der Waals surface area (Å²) in [6.07, 6.45) is 0. The van der Waals surface area contributed by atoms with Crippen LogP contribution in [0.3, 0.4) is 0 Å². The minimum absolute atomic E-state index is 0.0350. The number of amides is 2. The van der Waals surface area contributed by atoms with Crippen LogP contribution < -0.4 is 9.80 Å². The van der Waals surface area contributed by atoms with E-state index in [2.05, 4.69) is 0 Å². The number of anilines is 2. The van der Waals surface area contributed by atoms with Gasteiger partial charge in [-0.3, -0.25) is 9.59 Å². The van der Waals surface area contributed by atoms with Crippen LogP contribution in [0.2, 0.25) is 0 Å². The average Bonchev–Trinajstić information content (AvgIpc) is 2.78. The molecule has 1 aliphatic rings. The second kappa shape index (κ2) is 6.37. The van der Waals surface area contributed by atoms with E-state index in [0.717, 1.165) is 21.7 Å². The van der Waals surface area contributed by atoms with Gasteiger partial charge in [-0.1, -0.05) is 41.4 Å². The van der Waals surface area contributed by atoms with Crippen LogP contribution in [0, 0.1) is 13.8 Å². The van der Waals surface area contributed by atoms with Gasteiger partial charge in [-0.25, -0.2) is 4.90 Å². The van der Waals surface area contributed by atoms with Crippen LogP contribution in [0.25, 0.3) is 5.57 Å². The zero-order valence-corrected chi connectivity index (χ0v) is 15.4. The Bertz CT molecular complexity index is 916. The summed E-state index contributed by atoms with van der Waals surface area (Å²) < 4.78 is 0. The molecule has 1 aliphatic heterocycles. The molecule has 0 aromatic heterocycles. The molecule has 2 aromatic carbocycles. The molecular weight excluding hydrogens is 336 g/mol. The molecule has 0 N–H and O–H groups in total. The van der Waals surface area contributed by atoms with Gasteiger partial charge in [0.1, 0.15) is 5.03 Å². The molecule has 3 rings (SSSR count). The molecule has 2 amide bonds. The van der Waals surface area contributed by atoms with Crippen molar-refractivity contribution in [2.45, 2.75) is 13.8 Å². The molecule has 1 heterocycles. The monoisotopic (exact) mass is 354 g/mol. The highest BCUT2D eigenvalue weighted by Crippen LogP contribution is 2.37. The first-order valence-corrected chi connectivity index (χ1v) is 8.32. The van der Waals surface area contributed by atoms with Crippen molar-refractivity contribution in [3.8, 4) is 0 Å². The number of carbonyl (C=O) groups is 2. The predicted octanol–water partition coefficient (Wildman–Crippen LogP) is 3.89. The highest BCUT2D eigenvalue weighted by atomic mass is 35.5. The molecule has 0 unspecified atom stereocenters. The summed E-state index contributed by atoms with van der Waals surface area (Å²) in [6.45, 7) is 3.89. The van der Waals surface area contributed by atoms with Gasteiger partial charge in [0.25, 0.3) is 11.8 Å². The third-order valence-corrected chi connectivity index (χ3v) is 4.63.